The van der Waals surface area contributed by atoms with Crippen molar-refractivity contribution in [1.29, 1.82) is 0 Å². The number of ether oxygens (including phenoxy) is 4. The van der Waals surface area contributed by atoms with Crippen LogP contribution in [0.2, 0.25) is 0 Å². The van der Waals surface area contributed by atoms with E-state index in [0.29, 0.717) is 68.1 Å². The Morgan fingerprint density at radius 1 is 0.673 bits per heavy atom. The second-order valence-electron chi connectivity index (χ2n) is 17.3. The molecule has 8 aliphatic carbocycles. The van der Waals surface area contributed by atoms with Crippen molar-refractivity contribution in [1.82, 2.24) is 0 Å². The van der Waals surface area contributed by atoms with Crippen molar-refractivity contribution in [3.05, 3.63) is 24.3 Å². The van der Waals surface area contributed by atoms with Crippen LogP contribution in [-0.2, 0) is 28.5 Å². The molecule has 1 N–H and O–H groups in total. The van der Waals surface area contributed by atoms with E-state index in [4.69, 9.17) is 30.5 Å². The first-order valence-corrected chi connectivity index (χ1v) is 18.7. The van der Waals surface area contributed by atoms with Crippen molar-refractivity contribution >= 4 is 23.5 Å². The van der Waals surface area contributed by atoms with Gasteiger partial charge in [0, 0.05) is 31.2 Å². The fraction of sp³-hybridized carbons (Fsp3) is 0.842. The van der Waals surface area contributed by atoms with Gasteiger partial charge in [-0.15, -0.1) is 11.6 Å². The number of esters is 2. The van der Waals surface area contributed by atoms with Gasteiger partial charge < -0.3 is 24.1 Å². The van der Waals surface area contributed by atoms with Gasteiger partial charge in [0.15, 0.2) is 6.29 Å². The predicted molar refractivity (Wildman–Crippen MR) is 182 cm³/mol. The number of methoxy groups -OCH3 is 1. The van der Waals surface area contributed by atoms with E-state index >= 15 is 0 Å². The molecule has 8 aliphatic rings. The average Bonchev–Trinajstić information content (AvgIpc) is 2.96. The molecule has 6 unspecified atom stereocenters. The second kappa shape index (κ2) is 15.4. The highest BCUT2D eigenvalue weighted by molar-refractivity contribution is 6.20. The molecule has 7 nitrogen and oxygen atoms in total. The second-order valence-corrected chi connectivity index (χ2v) is 18.0. The molecule has 6 atom stereocenters. The summed E-state index contributed by atoms with van der Waals surface area (Å²) >= 11 is 5.61. The van der Waals surface area contributed by atoms with E-state index in [2.05, 4.69) is 27.0 Å². The third-order valence-electron chi connectivity index (χ3n) is 11.8. The minimum absolute atomic E-state index is 0.150. The molecule has 0 aliphatic heterocycles. The van der Waals surface area contributed by atoms with E-state index in [0.717, 1.165) is 25.7 Å². The van der Waals surface area contributed by atoms with E-state index in [9.17, 15) is 41.0 Å². The third kappa shape index (κ3) is 10.1. The zero-order valence-electron chi connectivity index (χ0n) is 31.1. The number of carbonyl (C=O) groups is 2. The molecule has 8 bridgehead atoms. The summed E-state index contributed by atoms with van der Waals surface area (Å²) in [6.07, 6.45) is -1.91. The van der Waals surface area contributed by atoms with Crippen molar-refractivity contribution in [2.24, 2.45) is 35.5 Å². The number of aliphatic hydroxyl groups is 1. The van der Waals surface area contributed by atoms with Gasteiger partial charge in [-0.1, -0.05) is 40.9 Å². The van der Waals surface area contributed by atoms with E-state index in [1.54, 1.807) is 7.11 Å². The van der Waals surface area contributed by atoms with Crippen molar-refractivity contribution in [3.63, 3.8) is 0 Å². The van der Waals surface area contributed by atoms with Crippen LogP contribution in [-0.4, -0.2) is 70.6 Å². The van der Waals surface area contributed by atoms with Crippen LogP contribution in [0.5, 0.6) is 0 Å². The molecule has 0 aromatic carbocycles. The maximum atomic E-state index is 12.8. The third-order valence-corrected chi connectivity index (χ3v) is 12.3. The molecule has 52 heavy (non-hydrogen) atoms. The Morgan fingerprint density at radius 2 is 1.02 bits per heavy atom. The Bertz CT molecular complexity index is 1310. The molecule has 8 rings (SSSR count). The first-order valence-electron chi connectivity index (χ1n) is 18.3. The van der Waals surface area contributed by atoms with Crippen LogP contribution >= 0.6 is 11.6 Å². The molecule has 0 aromatic heterocycles. The molecule has 0 spiro atoms. The van der Waals surface area contributed by atoms with Crippen LogP contribution in [0.3, 0.4) is 0 Å². The lowest BCUT2D eigenvalue weighted by Crippen LogP contribution is -2.62. The Kier molecular flexibility index (Phi) is 12.7. The molecular formula is C38H55ClF6O7. The highest BCUT2D eigenvalue weighted by atomic mass is 35.5. The quantitative estimate of drug-likeness (QED) is 0.0822. The van der Waals surface area contributed by atoms with Gasteiger partial charge in [-0.2, -0.15) is 26.3 Å². The van der Waals surface area contributed by atoms with Gasteiger partial charge in [0.25, 0.3) is 0 Å². The van der Waals surface area contributed by atoms with Gasteiger partial charge in [-0.05, 0) is 101 Å². The minimum atomic E-state index is -4.77. The van der Waals surface area contributed by atoms with Crippen molar-refractivity contribution in [3.8, 4) is 0 Å². The summed E-state index contributed by atoms with van der Waals surface area (Å²) in [5.74, 6) is -0.907. The smallest absolute Gasteiger partial charge is 0.422 e. The van der Waals surface area contributed by atoms with Crippen LogP contribution in [0.4, 0.5) is 26.3 Å². The first-order chi connectivity index (χ1) is 23.7. The Morgan fingerprint density at radius 3 is 1.33 bits per heavy atom. The molecule has 0 saturated heterocycles. The number of alkyl halides is 7. The largest absolute Gasteiger partial charge is 0.455 e. The lowest BCUT2D eigenvalue weighted by Gasteiger charge is -2.61. The van der Waals surface area contributed by atoms with Gasteiger partial charge in [-0.3, -0.25) is 0 Å². The van der Waals surface area contributed by atoms with Crippen LogP contribution in [0.25, 0.3) is 0 Å². The number of hydrogen-bond acceptors (Lipinski definition) is 7. The van der Waals surface area contributed by atoms with E-state index in [-0.39, 0.29) is 30.5 Å². The molecule has 8 saturated carbocycles. The van der Waals surface area contributed by atoms with Crippen LogP contribution in [0, 0.1) is 35.5 Å². The summed E-state index contributed by atoms with van der Waals surface area (Å²) in [7, 11) is 1.59. The fourth-order valence-electron chi connectivity index (χ4n) is 10.1. The molecule has 8 fully saturated rings. The maximum Gasteiger partial charge on any atom is 0.422 e. The number of rotatable bonds is 9. The van der Waals surface area contributed by atoms with Gasteiger partial charge in [0.1, 0.15) is 22.3 Å². The first kappa shape index (κ1) is 42.9. The van der Waals surface area contributed by atoms with Crippen molar-refractivity contribution in [2.75, 3.05) is 7.11 Å². The fourth-order valence-corrected chi connectivity index (χ4v) is 10.1. The standard InChI is InChI=1S/C19H27F3O4.C14H17F3O3.C5H11Cl/c1-11(2)16(24-4)26-18-8-13-5-14(9-18)7-17(6-13,10-18)25-15(23)12(3)19(20,21)22;1-8(14(15,16)17)11(18)20-13-5-9-2-10(6-13)4-12(19,3-9)7-13;1-4(2)5(3)6/h11,13-14,16H,3,5-10H2,1-2,4H3;9-10,19H,1-7H2;4-5H,1-3H3. The van der Waals surface area contributed by atoms with Gasteiger partial charge in [0.05, 0.1) is 11.2 Å². The zero-order chi connectivity index (χ0) is 39.2. The van der Waals surface area contributed by atoms with Crippen LogP contribution in [0.15, 0.2) is 24.3 Å². The van der Waals surface area contributed by atoms with Gasteiger partial charge in [-0.25, -0.2) is 9.59 Å². The van der Waals surface area contributed by atoms with Crippen molar-refractivity contribution in [2.45, 2.75) is 158 Å². The maximum absolute atomic E-state index is 12.8. The van der Waals surface area contributed by atoms with Crippen LogP contribution in [0.1, 0.15) is 112 Å². The predicted octanol–water partition coefficient (Wildman–Crippen LogP) is 9.39. The van der Waals surface area contributed by atoms with Crippen LogP contribution < -0.4 is 0 Å². The number of halogens is 7. The van der Waals surface area contributed by atoms with E-state index < -0.39 is 57.8 Å². The van der Waals surface area contributed by atoms with Gasteiger partial charge in [0.2, 0.25) is 0 Å². The Hall–Kier alpha value is -1.83. The summed E-state index contributed by atoms with van der Waals surface area (Å²) in [5.41, 5.74) is -6.09. The average molecular weight is 773 g/mol. The molecule has 298 valence electrons. The van der Waals surface area contributed by atoms with Gasteiger partial charge >= 0.3 is 24.3 Å². The Balaban J connectivity index is 0.000000206. The number of carbonyl (C=O) groups excluding carboxylic acids is 2. The Labute approximate surface area is 308 Å². The normalized spacial score (nSPS) is 36.7. The zero-order valence-corrected chi connectivity index (χ0v) is 31.8. The number of hydrogen-bond donors (Lipinski definition) is 1. The van der Waals surface area contributed by atoms with E-state index in [1.807, 2.05) is 20.8 Å². The minimum Gasteiger partial charge on any atom is -0.455 e. The van der Waals surface area contributed by atoms with E-state index in [1.165, 1.54) is 0 Å². The molecule has 0 heterocycles. The summed E-state index contributed by atoms with van der Waals surface area (Å²) in [4.78, 5) is 23.7. The lowest BCUT2D eigenvalue weighted by atomic mass is 9.52. The summed E-state index contributed by atoms with van der Waals surface area (Å²) in [6, 6.07) is 0. The highest BCUT2D eigenvalue weighted by Gasteiger charge is 2.62. The highest BCUT2D eigenvalue weighted by Crippen LogP contribution is 2.61. The molecule has 0 aromatic rings. The van der Waals surface area contributed by atoms with Crippen molar-refractivity contribution < 1.29 is 60.0 Å². The summed E-state index contributed by atoms with van der Waals surface area (Å²) in [5, 5.41) is 10.8. The topological polar surface area (TPSA) is 91.3 Å². The monoisotopic (exact) mass is 772 g/mol. The summed E-state index contributed by atoms with van der Waals surface area (Å²) in [6.45, 7) is 15.9. The molecule has 14 heteroatoms. The lowest BCUT2D eigenvalue weighted by molar-refractivity contribution is -0.287. The molecule has 0 radical (unpaired) electrons. The SMILES string of the molecule is C=C(C(=O)OC12CC3CC(C1)CC(OC(OC)C(C)C)(C3)C2)C(F)(F)F.C=C(C(=O)OC12CC3CC(CC(O)(C3)C1)C2)C(F)(F)F.CC(C)C(C)Cl. The molecule has 0 amide bonds. The summed E-state index contributed by atoms with van der Waals surface area (Å²) < 4.78 is 98.3. The molecular weight excluding hydrogens is 718 g/mol.